The molecule has 4 nitrogen and oxygen atoms in total. The maximum absolute atomic E-state index is 4.24. The van der Waals surface area contributed by atoms with Gasteiger partial charge >= 0.3 is 0 Å². The third-order valence-electron chi connectivity index (χ3n) is 3.08. The SMILES string of the molecule is CCNC(CSc1nnc(N(C)C)s1)c1ccc(C)cc1. The van der Waals surface area contributed by atoms with E-state index in [-0.39, 0.29) is 0 Å². The second-order valence-corrected chi connectivity index (χ2v) is 7.30. The largest absolute Gasteiger partial charge is 0.353 e. The lowest BCUT2D eigenvalue weighted by Crippen LogP contribution is -2.22. The van der Waals surface area contributed by atoms with E-state index in [4.69, 9.17) is 0 Å². The van der Waals surface area contributed by atoms with Crippen molar-refractivity contribution in [2.45, 2.75) is 24.2 Å². The summed E-state index contributed by atoms with van der Waals surface area (Å²) in [6, 6.07) is 9.08. The Morgan fingerprint density at radius 3 is 2.52 bits per heavy atom. The zero-order chi connectivity index (χ0) is 15.2. The Hall–Kier alpha value is -1.11. The van der Waals surface area contributed by atoms with E-state index in [0.29, 0.717) is 6.04 Å². The topological polar surface area (TPSA) is 41.1 Å². The third kappa shape index (κ3) is 4.69. The van der Waals surface area contributed by atoms with Gasteiger partial charge in [-0.25, -0.2) is 0 Å². The first-order valence-corrected chi connectivity index (χ1v) is 8.84. The van der Waals surface area contributed by atoms with Crippen molar-refractivity contribution >= 4 is 28.2 Å². The van der Waals surface area contributed by atoms with Gasteiger partial charge in [-0.3, -0.25) is 0 Å². The summed E-state index contributed by atoms with van der Waals surface area (Å²) in [7, 11) is 3.98. The summed E-state index contributed by atoms with van der Waals surface area (Å²) in [5.41, 5.74) is 2.62. The van der Waals surface area contributed by atoms with Gasteiger partial charge in [0, 0.05) is 25.9 Å². The second kappa shape index (κ2) is 7.77. The number of hydrogen-bond acceptors (Lipinski definition) is 6. The minimum absolute atomic E-state index is 0.340. The zero-order valence-corrected chi connectivity index (χ0v) is 14.6. The van der Waals surface area contributed by atoms with Crippen LogP contribution in [0.4, 0.5) is 5.13 Å². The molecule has 0 amide bonds. The maximum atomic E-state index is 4.24. The van der Waals surface area contributed by atoms with Gasteiger partial charge in [0.05, 0.1) is 0 Å². The molecule has 0 aliphatic carbocycles. The molecule has 114 valence electrons. The van der Waals surface area contributed by atoms with Crippen molar-refractivity contribution in [2.75, 3.05) is 31.3 Å². The van der Waals surface area contributed by atoms with Crippen LogP contribution < -0.4 is 10.2 Å². The molecule has 1 heterocycles. The quantitative estimate of drug-likeness (QED) is 0.792. The summed E-state index contributed by atoms with van der Waals surface area (Å²) < 4.78 is 1.02. The lowest BCUT2D eigenvalue weighted by Gasteiger charge is -2.17. The van der Waals surface area contributed by atoms with Gasteiger partial charge in [0.15, 0.2) is 4.34 Å². The van der Waals surface area contributed by atoms with Crippen molar-refractivity contribution in [1.29, 1.82) is 0 Å². The molecule has 2 aromatic rings. The molecule has 1 aromatic heterocycles. The molecule has 0 aliphatic heterocycles. The monoisotopic (exact) mass is 322 g/mol. The highest BCUT2D eigenvalue weighted by molar-refractivity contribution is 8.01. The van der Waals surface area contributed by atoms with Crippen LogP contribution in [0.25, 0.3) is 0 Å². The molecule has 1 aromatic carbocycles. The summed E-state index contributed by atoms with van der Waals surface area (Å²) in [6.45, 7) is 5.21. The van der Waals surface area contributed by atoms with E-state index in [1.165, 1.54) is 11.1 Å². The first kappa shape index (κ1) is 16.3. The Morgan fingerprint density at radius 2 is 1.95 bits per heavy atom. The molecule has 0 fully saturated rings. The van der Waals surface area contributed by atoms with E-state index in [1.807, 2.05) is 19.0 Å². The summed E-state index contributed by atoms with van der Waals surface area (Å²) >= 11 is 3.40. The van der Waals surface area contributed by atoms with Crippen LogP contribution in [0.1, 0.15) is 24.1 Å². The lowest BCUT2D eigenvalue weighted by atomic mass is 10.1. The first-order valence-electron chi connectivity index (χ1n) is 7.03. The number of nitrogens with one attached hydrogen (secondary N) is 1. The van der Waals surface area contributed by atoms with Crippen LogP contribution in [0.2, 0.25) is 0 Å². The number of anilines is 1. The molecule has 0 saturated carbocycles. The molecular formula is C15H22N4S2. The fourth-order valence-electron chi connectivity index (χ4n) is 1.91. The predicted molar refractivity (Wildman–Crippen MR) is 92.6 cm³/mol. The minimum Gasteiger partial charge on any atom is -0.353 e. The van der Waals surface area contributed by atoms with Crippen molar-refractivity contribution in [2.24, 2.45) is 0 Å². The van der Waals surface area contributed by atoms with Crippen LogP contribution in [0.15, 0.2) is 28.6 Å². The van der Waals surface area contributed by atoms with Crippen LogP contribution in [0.3, 0.4) is 0 Å². The van der Waals surface area contributed by atoms with Gasteiger partial charge in [0.2, 0.25) is 5.13 Å². The number of rotatable bonds is 7. The normalized spacial score (nSPS) is 12.4. The van der Waals surface area contributed by atoms with E-state index in [9.17, 15) is 0 Å². The van der Waals surface area contributed by atoms with Gasteiger partial charge in [0.25, 0.3) is 0 Å². The fraction of sp³-hybridized carbons (Fsp3) is 0.467. The van der Waals surface area contributed by atoms with Gasteiger partial charge in [-0.1, -0.05) is 59.9 Å². The first-order chi connectivity index (χ1) is 10.1. The third-order valence-corrected chi connectivity index (χ3v) is 5.40. The van der Waals surface area contributed by atoms with E-state index in [1.54, 1.807) is 23.1 Å². The van der Waals surface area contributed by atoms with Crippen LogP contribution in [0.5, 0.6) is 0 Å². The van der Waals surface area contributed by atoms with Crippen LogP contribution in [-0.2, 0) is 0 Å². The number of thioether (sulfide) groups is 1. The molecule has 6 heteroatoms. The van der Waals surface area contributed by atoms with Crippen molar-refractivity contribution in [3.05, 3.63) is 35.4 Å². The van der Waals surface area contributed by atoms with E-state index in [2.05, 4.69) is 53.6 Å². The van der Waals surface area contributed by atoms with Gasteiger partial charge in [-0.2, -0.15) is 0 Å². The summed E-state index contributed by atoms with van der Waals surface area (Å²) in [6.07, 6.45) is 0. The Labute approximate surface area is 135 Å². The van der Waals surface area contributed by atoms with Crippen LogP contribution in [-0.4, -0.2) is 36.6 Å². The van der Waals surface area contributed by atoms with Gasteiger partial charge in [0.1, 0.15) is 0 Å². The number of benzene rings is 1. The van der Waals surface area contributed by atoms with Crippen LogP contribution in [0, 0.1) is 6.92 Å². The summed E-state index contributed by atoms with van der Waals surface area (Å²) in [5.74, 6) is 0.957. The second-order valence-electron chi connectivity index (χ2n) is 5.08. The molecule has 1 unspecified atom stereocenters. The highest BCUT2D eigenvalue weighted by Gasteiger charge is 2.13. The fourth-order valence-corrected chi connectivity index (χ4v) is 3.80. The van der Waals surface area contributed by atoms with Gasteiger partial charge < -0.3 is 10.2 Å². The molecular weight excluding hydrogens is 300 g/mol. The maximum Gasteiger partial charge on any atom is 0.208 e. The lowest BCUT2D eigenvalue weighted by molar-refractivity contribution is 0.606. The average Bonchev–Trinajstić information content (AvgIpc) is 2.93. The number of aryl methyl sites for hydroxylation is 1. The average molecular weight is 323 g/mol. The smallest absolute Gasteiger partial charge is 0.208 e. The Morgan fingerprint density at radius 1 is 1.24 bits per heavy atom. The molecule has 2 rings (SSSR count). The number of hydrogen-bond donors (Lipinski definition) is 1. The zero-order valence-electron chi connectivity index (χ0n) is 13.0. The van der Waals surface area contributed by atoms with Crippen molar-refractivity contribution < 1.29 is 0 Å². The molecule has 0 saturated heterocycles. The van der Waals surface area contributed by atoms with Crippen molar-refractivity contribution in [3.8, 4) is 0 Å². The highest BCUT2D eigenvalue weighted by Crippen LogP contribution is 2.30. The Kier molecular flexibility index (Phi) is 6.02. The molecule has 0 spiro atoms. The van der Waals surface area contributed by atoms with Gasteiger partial charge in [-0.05, 0) is 19.0 Å². The van der Waals surface area contributed by atoms with E-state index >= 15 is 0 Å². The molecule has 0 radical (unpaired) electrons. The summed E-state index contributed by atoms with van der Waals surface area (Å²) in [4.78, 5) is 1.99. The van der Waals surface area contributed by atoms with Crippen molar-refractivity contribution in [1.82, 2.24) is 15.5 Å². The van der Waals surface area contributed by atoms with Crippen LogP contribution >= 0.6 is 23.1 Å². The highest BCUT2D eigenvalue weighted by atomic mass is 32.2. The molecule has 0 bridgehead atoms. The predicted octanol–water partition coefficient (Wildman–Crippen LogP) is 3.36. The van der Waals surface area contributed by atoms with E-state index in [0.717, 1.165) is 21.8 Å². The molecule has 1 N–H and O–H groups in total. The standard InChI is InChI=1S/C15H22N4S2/c1-5-16-13(12-8-6-11(2)7-9-12)10-20-15-18-17-14(21-15)19(3)4/h6-9,13,16H,5,10H2,1-4H3. The Balaban J connectivity index is 2.00. The Bertz CT molecular complexity index is 551. The van der Waals surface area contributed by atoms with Gasteiger partial charge in [-0.15, -0.1) is 10.2 Å². The number of nitrogens with zero attached hydrogens (tertiary/aromatic N) is 3. The summed E-state index contributed by atoms with van der Waals surface area (Å²) in [5, 5.41) is 12.9. The van der Waals surface area contributed by atoms with Crippen molar-refractivity contribution in [3.63, 3.8) is 0 Å². The minimum atomic E-state index is 0.340. The molecule has 21 heavy (non-hydrogen) atoms. The molecule has 0 aliphatic rings. The molecule has 1 atom stereocenters. The van der Waals surface area contributed by atoms with E-state index < -0.39 is 0 Å². The number of aromatic nitrogens is 2.